The zero-order chi connectivity index (χ0) is 17.9. The highest BCUT2D eigenvalue weighted by Crippen LogP contribution is 2.31. The van der Waals surface area contributed by atoms with Gasteiger partial charge in [-0.25, -0.2) is 0 Å². The number of carbonyl (C=O) groups excluding carboxylic acids is 1. The summed E-state index contributed by atoms with van der Waals surface area (Å²) in [6.45, 7) is 3.57. The molecule has 4 N–H and O–H groups in total. The zero-order valence-corrected chi connectivity index (χ0v) is 14.9. The largest absolute Gasteiger partial charge is 0.397 e. The molecule has 0 aromatic heterocycles. The lowest BCUT2D eigenvalue weighted by Crippen LogP contribution is -2.27. The molecule has 5 heteroatoms. The molecule has 0 spiro atoms. The van der Waals surface area contributed by atoms with Gasteiger partial charge in [-0.1, -0.05) is 12.1 Å². The minimum atomic E-state index is -0.147. The Labute approximate surface area is 154 Å². The normalized spacial score (nSPS) is 20.1. The highest BCUT2D eigenvalue weighted by Gasteiger charge is 2.29. The van der Waals surface area contributed by atoms with Crippen molar-refractivity contribution in [3.8, 4) is 0 Å². The van der Waals surface area contributed by atoms with E-state index in [9.17, 15) is 4.79 Å². The number of nitrogens with two attached hydrogens (primary N) is 1. The molecule has 136 valence electrons. The van der Waals surface area contributed by atoms with E-state index in [2.05, 4.69) is 15.5 Å². The van der Waals surface area contributed by atoms with Crippen LogP contribution in [-0.2, 0) is 0 Å². The van der Waals surface area contributed by atoms with Gasteiger partial charge < -0.3 is 21.3 Å². The van der Waals surface area contributed by atoms with E-state index >= 15 is 0 Å². The highest BCUT2D eigenvalue weighted by atomic mass is 16.1. The van der Waals surface area contributed by atoms with E-state index in [1.165, 1.54) is 32.4 Å². The number of amides is 1. The monoisotopic (exact) mass is 350 g/mol. The lowest BCUT2D eigenvalue weighted by Gasteiger charge is -2.17. The number of nitrogens with one attached hydrogen (secondary N) is 2. The summed E-state index contributed by atoms with van der Waals surface area (Å²) in [5.41, 5.74) is 8.78. The first-order valence-corrected chi connectivity index (χ1v) is 9.42. The van der Waals surface area contributed by atoms with E-state index in [1.807, 2.05) is 36.4 Å². The number of hydrogen-bond acceptors (Lipinski definition) is 4. The van der Waals surface area contributed by atoms with Crippen molar-refractivity contribution in [3.63, 3.8) is 0 Å². The third-order valence-corrected chi connectivity index (χ3v) is 5.21. The van der Waals surface area contributed by atoms with Crippen LogP contribution in [0.25, 0.3) is 0 Å². The number of nitrogen functional groups attached to an aromatic ring is 1. The van der Waals surface area contributed by atoms with Crippen LogP contribution in [0.1, 0.15) is 29.6 Å². The molecule has 2 aromatic carbocycles. The second-order valence-corrected chi connectivity index (χ2v) is 7.45. The Balaban J connectivity index is 1.31. The van der Waals surface area contributed by atoms with Crippen molar-refractivity contribution in [2.75, 3.05) is 36.0 Å². The van der Waals surface area contributed by atoms with Gasteiger partial charge >= 0.3 is 0 Å². The van der Waals surface area contributed by atoms with Crippen LogP contribution in [0.15, 0.2) is 48.5 Å². The predicted molar refractivity (Wildman–Crippen MR) is 106 cm³/mol. The molecule has 1 heterocycles. The van der Waals surface area contributed by atoms with Gasteiger partial charge in [0.25, 0.3) is 5.91 Å². The SMILES string of the molecule is Nc1ccccc1NC(=O)c1ccc(N[C@@H]2CCN(CC3CC3)C2)cc1. The molecule has 5 nitrogen and oxygen atoms in total. The second kappa shape index (κ2) is 7.38. The average Bonchev–Trinajstić information content (AvgIpc) is 3.35. The van der Waals surface area contributed by atoms with Gasteiger partial charge in [-0.05, 0) is 61.6 Å². The molecule has 0 radical (unpaired) electrons. The van der Waals surface area contributed by atoms with Crippen LogP contribution < -0.4 is 16.4 Å². The maximum absolute atomic E-state index is 12.4. The number of nitrogens with zero attached hydrogens (tertiary/aromatic N) is 1. The molecular weight excluding hydrogens is 324 g/mol. The second-order valence-electron chi connectivity index (χ2n) is 7.45. The summed E-state index contributed by atoms with van der Waals surface area (Å²) < 4.78 is 0. The number of benzene rings is 2. The van der Waals surface area contributed by atoms with Gasteiger partial charge in [0.2, 0.25) is 0 Å². The fourth-order valence-corrected chi connectivity index (χ4v) is 3.54. The number of likely N-dealkylation sites (tertiary alicyclic amines) is 1. The first-order valence-electron chi connectivity index (χ1n) is 9.42. The molecule has 0 bridgehead atoms. The van der Waals surface area contributed by atoms with E-state index in [1.54, 1.807) is 12.1 Å². The standard InChI is InChI=1S/C21H26N4O/c22-19-3-1-2-4-20(19)24-21(26)16-7-9-17(10-8-16)23-18-11-12-25(14-18)13-15-5-6-15/h1-4,7-10,15,18,23H,5-6,11-14,22H2,(H,24,26)/t18-/m1/s1. The average molecular weight is 350 g/mol. The Kier molecular flexibility index (Phi) is 4.80. The lowest BCUT2D eigenvalue weighted by atomic mass is 10.1. The van der Waals surface area contributed by atoms with Crippen molar-refractivity contribution in [2.24, 2.45) is 5.92 Å². The van der Waals surface area contributed by atoms with Gasteiger partial charge in [-0.15, -0.1) is 0 Å². The Hall–Kier alpha value is -2.53. The van der Waals surface area contributed by atoms with Crippen LogP contribution in [0, 0.1) is 5.92 Å². The molecule has 26 heavy (non-hydrogen) atoms. The molecule has 1 amide bonds. The van der Waals surface area contributed by atoms with Crippen LogP contribution in [0.3, 0.4) is 0 Å². The molecule has 0 unspecified atom stereocenters. The molecule has 1 aliphatic heterocycles. The molecule has 1 saturated heterocycles. The van der Waals surface area contributed by atoms with Gasteiger partial charge in [0.1, 0.15) is 0 Å². The van der Waals surface area contributed by atoms with E-state index in [-0.39, 0.29) is 5.91 Å². The fourth-order valence-electron chi connectivity index (χ4n) is 3.54. The van der Waals surface area contributed by atoms with Gasteiger partial charge in [0, 0.05) is 36.9 Å². The minimum absolute atomic E-state index is 0.147. The molecule has 2 fully saturated rings. The van der Waals surface area contributed by atoms with E-state index in [0.29, 0.717) is 23.0 Å². The van der Waals surface area contributed by atoms with Crippen molar-refractivity contribution < 1.29 is 4.79 Å². The quantitative estimate of drug-likeness (QED) is 0.698. The van der Waals surface area contributed by atoms with Gasteiger partial charge in [0.15, 0.2) is 0 Å². The van der Waals surface area contributed by atoms with E-state index < -0.39 is 0 Å². The van der Waals surface area contributed by atoms with Crippen molar-refractivity contribution in [2.45, 2.75) is 25.3 Å². The molecular formula is C21H26N4O. The Morgan fingerprint density at radius 3 is 2.58 bits per heavy atom. The smallest absolute Gasteiger partial charge is 0.255 e. The topological polar surface area (TPSA) is 70.4 Å². The molecule has 2 aromatic rings. The number of hydrogen-bond donors (Lipinski definition) is 3. The molecule has 2 aliphatic rings. The highest BCUT2D eigenvalue weighted by molar-refractivity contribution is 6.05. The third-order valence-electron chi connectivity index (χ3n) is 5.21. The fraction of sp³-hybridized carbons (Fsp3) is 0.381. The summed E-state index contributed by atoms with van der Waals surface area (Å²) in [4.78, 5) is 15.0. The molecule has 1 saturated carbocycles. The number of carbonyl (C=O) groups is 1. The summed E-state index contributed by atoms with van der Waals surface area (Å²) >= 11 is 0. The summed E-state index contributed by atoms with van der Waals surface area (Å²) in [5, 5.41) is 6.45. The van der Waals surface area contributed by atoms with Crippen molar-refractivity contribution in [1.82, 2.24) is 4.90 Å². The van der Waals surface area contributed by atoms with Crippen LogP contribution in [0.5, 0.6) is 0 Å². The van der Waals surface area contributed by atoms with Crippen LogP contribution in [0.4, 0.5) is 17.1 Å². The summed E-state index contributed by atoms with van der Waals surface area (Å²) in [5.74, 6) is 0.802. The maximum Gasteiger partial charge on any atom is 0.255 e. The van der Waals surface area contributed by atoms with Gasteiger partial charge in [-0.3, -0.25) is 4.79 Å². The number of para-hydroxylation sites is 2. The van der Waals surface area contributed by atoms with Crippen molar-refractivity contribution in [3.05, 3.63) is 54.1 Å². The van der Waals surface area contributed by atoms with E-state index in [4.69, 9.17) is 5.73 Å². The Morgan fingerprint density at radius 2 is 1.85 bits per heavy atom. The van der Waals surface area contributed by atoms with Crippen LogP contribution in [0.2, 0.25) is 0 Å². The predicted octanol–water partition coefficient (Wildman–Crippen LogP) is 3.42. The summed E-state index contributed by atoms with van der Waals surface area (Å²) in [6.07, 6.45) is 4.00. The minimum Gasteiger partial charge on any atom is -0.397 e. The van der Waals surface area contributed by atoms with Gasteiger partial charge in [-0.2, -0.15) is 0 Å². The number of anilines is 3. The summed E-state index contributed by atoms with van der Waals surface area (Å²) in [7, 11) is 0. The summed E-state index contributed by atoms with van der Waals surface area (Å²) in [6, 6.07) is 15.4. The molecule has 1 atom stereocenters. The first kappa shape index (κ1) is 16.9. The van der Waals surface area contributed by atoms with Crippen LogP contribution in [-0.4, -0.2) is 36.5 Å². The molecule has 4 rings (SSSR count). The third kappa shape index (κ3) is 4.17. The van der Waals surface area contributed by atoms with E-state index in [0.717, 1.165) is 18.2 Å². The van der Waals surface area contributed by atoms with Gasteiger partial charge in [0.05, 0.1) is 11.4 Å². The van der Waals surface area contributed by atoms with Crippen molar-refractivity contribution in [1.29, 1.82) is 0 Å². The lowest BCUT2D eigenvalue weighted by molar-refractivity contribution is 0.102. The molecule has 1 aliphatic carbocycles. The zero-order valence-electron chi connectivity index (χ0n) is 14.9. The maximum atomic E-state index is 12.4. The van der Waals surface area contributed by atoms with Crippen LogP contribution >= 0.6 is 0 Å². The number of rotatable bonds is 6. The Morgan fingerprint density at radius 1 is 1.08 bits per heavy atom. The first-order chi connectivity index (χ1) is 12.7. The van der Waals surface area contributed by atoms with Crippen molar-refractivity contribution >= 4 is 23.0 Å². The Bertz CT molecular complexity index is 770.